The number of hydrogen-bond donors (Lipinski definition) is 2. The highest BCUT2D eigenvalue weighted by Crippen LogP contribution is 2.27. The highest BCUT2D eigenvalue weighted by atomic mass is 16.2. The number of aryl methyl sites for hydroxylation is 1. The lowest BCUT2D eigenvalue weighted by molar-refractivity contribution is 0.176. The molecule has 0 aliphatic heterocycles. The maximum Gasteiger partial charge on any atom is 0.317 e. The summed E-state index contributed by atoms with van der Waals surface area (Å²) < 4.78 is 0. The van der Waals surface area contributed by atoms with E-state index in [-0.39, 0.29) is 18.0 Å². The molecule has 1 aliphatic carbocycles. The maximum atomic E-state index is 12.5. The predicted molar refractivity (Wildman–Crippen MR) is 96.9 cm³/mol. The summed E-state index contributed by atoms with van der Waals surface area (Å²) in [4.78, 5) is 22.4. The summed E-state index contributed by atoms with van der Waals surface area (Å²) in [5, 5.41) is 3.15. The van der Waals surface area contributed by atoms with Crippen LogP contribution in [-0.4, -0.2) is 34.5 Å². The number of urea groups is 1. The summed E-state index contributed by atoms with van der Waals surface area (Å²) in [6.07, 6.45) is 3.79. The summed E-state index contributed by atoms with van der Waals surface area (Å²) in [5.41, 5.74) is 3.16. The zero-order chi connectivity index (χ0) is 17.3. The quantitative estimate of drug-likeness (QED) is 0.871. The monoisotopic (exact) mass is 328 g/mol. The Hall–Kier alpha value is -2.04. The first-order valence-corrected chi connectivity index (χ1v) is 8.92. The number of aromatic amines is 1. The van der Waals surface area contributed by atoms with Gasteiger partial charge in [0.25, 0.3) is 0 Å². The van der Waals surface area contributed by atoms with Crippen molar-refractivity contribution < 1.29 is 4.79 Å². The molecule has 1 fully saturated rings. The molecule has 2 amide bonds. The number of amides is 2. The van der Waals surface area contributed by atoms with Gasteiger partial charge in [-0.05, 0) is 49.3 Å². The van der Waals surface area contributed by atoms with Gasteiger partial charge in [-0.25, -0.2) is 9.78 Å². The van der Waals surface area contributed by atoms with E-state index < -0.39 is 0 Å². The van der Waals surface area contributed by atoms with Gasteiger partial charge >= 0.3 is 6.03 Å². The number of carbonyl (C=O) groups is 1. The molecule has 0 saturated heterocycles. The van der Waals surface area contributed by atoms with Crippen molar-refractivity contribution in [1.29, 1.82) is 0 Å². The minimum Gasteiger partial charge on any atom is -0.340 e. The molecule has 3 rings (SSSR count). The molecule has 5 heteroatoms. The molecule has 2 N–H and O–H groups in total. The SMILES string of the molecule is Cc1ccc2nc([C@H](NC(=O)N(C)CC3CCC3)C(C)C)[nH]c2c1. The first-order chi connectivity index (χ1) is 11.4. The van der Waals surface area contributed by atoms with Crippen LogP contribution in [0.25, 0.3) is 11.0 Å². The zero-order valence-corrected chi connectivity index (χ0v) is 15.1. The van der Waals surface area contributed by atoms with Gasteiger partial charge in [-0.1, -0.05) is 26.3 Å². The number of nitrogens with one attached hydrogen (secondary N) is 2. The zero-order valence-electron chi connectivity index (χ0n) is 15.1. The van der Waals surface area contributed by atoms with Crippen LogP contribution in [-0.2, 0) is 0 Å². The summed E-state index contributed by atoms with van der Waals surface area (Å²) in [5.74, 6) is 1.76. The summed E-state index contributed by atoms with van der Waals surface area (Å²) in [7, 11) is 1.88. The minimum absolute atomic E-state index is 0.0164. The van der Waals surface area contributed by atoms with E-state index in [1.807, 2.05) is 18.0 Å². The molecule has 1 aromatic carbocycles. The number of aromatic nitrogens is 2. The van der Waals surface area contributed by atoms with Crippen molar-refractivity contribution in [2.45, 2.75) is 46.1 Å². The topological polar surface area (TPSA) is 61.0 Å². The Morgan fingerprint density at radius 3 is 2.79 bits per heavy atom. The normalized spacial score (nSPS) is 16.2. The minimum atomic E-state index is -0.117. The van der Waals surface area contributed by atoms with Crippen molar-refractivity contribution in [1.82, 2.24) is 20.2 Å². The molecule has 24 heavy (non-hydrogen) atoms. The van der Waals surface area contributed by atoms with Crippen LogP contribution in [0.1, 0.15) is 50.5 Å². The number of nitrogens with zero attached hydrogens (tertiary/aromatic N) is 2. The van der Waals surface area contributed by atoms with Crippen LogP contribution in [0.5, 0.6) is 0 Å². The van der Waals surface area contributed by atoms with Gasteiger partial charge in [-0.2, -0.15) is 0 Å². The fourth-order valence-electron chi connectivity index (χ4n) is 3.23. The Morgan fingerprint density at radius 1 is 1.42 bits per heavy atom. The molecule has 2 aromatic rings. The van der Waals surface area contributed by atoms with Gasteiger partial charge < -0.3 is 15.2 Å². The number of fused-ring (bicyclic) bond motifs is 1. The van der Waals surface area contributed by atoms with Crippen molar-refractivity contribution in [3.05, 3.63) is 29.6 Å². The van der Waals surface area contributed by atoms with Crippen LogP contribution in [0.4, 0.5) is 4.79 Å². The van der Waals surface area contributed by atoms with Crippen molar-refractivity contribution in [3.8, 4) is 0 Å². The highest BCUT2D eigenvalue weighted by Gasteiger charge is 2.26. The van der Waals surface area contributed by atoms with Crippen LogP contribution < -0.4 is 5.32 Å². The Kier molecular flexibility index (Phi) is 4.78. The summed E-state index contributed by atoms with van der Waals surface area (Å²) >= 11 is 0. The number of H-pyrrole nitrogens is 1. The summed E-state index contributed by atoms with van der Waals surface area (Å²) in [6.45, 7) is 7.12. The van der Waals surface area contributed by atoms with E-state index >= 15 is 0 Å². The number of rotatable bonds is 5. The number of hydrogen-bond acceptors (Lipinski definition) is 2. The van der Waals surface area contributed by atoms with Crippen molar-refractivity contribution in [2.75, 3.05) is 13.6 Å². The third-order valence-corrected chi connectivity index (χ3v) is 5.00. The number of benzene rings is 1. The Balaban J connectivity index is 1.74. The van der Waals surface area contributed by atoms with E-state index in [2.05, 4.69) is 48.2 Å². The van der Waals surface area contributed by atoms with Gasteiger partial charge in [0.2, 0.25) is 0 Å². The second-order valence-corrected chi connectivity index (χ2v) is 7.49. The van der Waals surface area contributed by atoms with Crippen molar-refractivity contribution in [2.24, 2.45) is 11.8 Å². The predicted octanol–water partition coefficient (Wildman–Crippen LogP) is 4.01. The molecule has 0 unspecified atom stereocenters. The second kappa shape index (κ2) is 6.83. The van der Waals surface area contributed by atoms with E-state index in [1.54, 1.807) is 0 Å². The molecule has 1 atom stereocenters. The lowest BCUT2D eigenvalue weighted by Crippen LogP contribution is -2.43. The third-order valence-electron chi connectivity index (χ3n) is 5.00. The van der Waals surface area contributed by atoms with Crippen molar-refractivity contribution >= 4 is 17.1 Å². The molecule has 0 bridgehead atoms. The Labute approximate surface area is 143 Å². The molecule has 0 radical (unpaired) electrons. The molecule has 1 saturated carbocycles. The fourth-order valence-corrected chi connectivity index (χ4v) is 3.23. The lowest BCUT2D eigenvalue weighted by Gasteiger charge is -2.31. The highest BCUT2D eigenvalue weighted by molar-refractivity contribution is 5.77. The number of carbonyl (C=O) groups excluding carboxylic acids is 1. The molecule has 130 valence electrons. The second-order valence-electron chi connectivity index (χ2n) is 7.49. The molecule has 1 aliphatic rings. The molecule has 5 nitrogen and oxygen atoms in total. The van der Waals surface area contributed by atoms with E-state index in [1.165, 1.54) is 24.8 Å². The molecular formula is C19H28N4O. The standard InChI is InChI=1S/C19H28N4O/c1-12(2)17(22-19(24)23(4)11-14-6-5-7-14)18-20-15-9-8-13(3)10-16(15)21-18/h8-10,12,14,17H,5-7,11H2,1-4H3,(H,20,21)(H,22,24)/t17-/m1/s1. The Bertz CT molecular complexity index is 717. The average molecular weight is 328 g/mol. The van der Waals surface area contributed by atoms with E-state index in [9.17, 15) is 4.79 Å². The fraction of sp³-hybridized carbons (Fsp3) is 0.579. The van der Waals surface area contributed by atoms with Crippen LogP contribution in [0, 0.1) is 18.8 Å². The van der Waals surface area contributed by atoms with Gasteiger partial charge in [0.05, 0.1) is 17.1 Å². The van der Waals surface area contributed by atoms with Crippen LogP contribution in [0.15, 0.2) is 18.2 Å². The molecular weight excluding hydrogens is 300 g/mol. The summed E-state index contributed by atoms with van der Waals surface area (Å²) in [6, 6.07) is 6.04. The van der Waals surface area contributed by atoms with Gasteiger partial charge in [0, 0.05) is 13.6 Å². The smallest absolute Gasteiger partial charge is 0.317 e. The lowest BCUT2D eigenvalue weighted by atomic mass is 9.85. The van der Waals surface area contributed by atoms with Crippen LogP contribution in [0.3, 0.4) is 0 Å². The molecule has 1 heterocycles. The molecule has 1 aromatic heterocycles. The van der Waals surface area contributed by atoms with E-state index in [0.717, 1.165) is 23.4 Å². The first kappa shape index (κ1) is 16.8. The number of imidazole rings is 1. The Morgan fingerprint density at radius 2 is 2.17 bits per heavy atom. The molecule has 0 spiro atoms. The maximum absolute atomic E-state index is 12.5. The average Bonchev–Trinajstić information content (AvgIpc) is 2.90. The van der Waals surface area contributed by atoms with E-state index in [0.29, 0.717) is 5.92 Å². The van der Waals surface area contributed by atoms with E-state index in [4.69, 9.17) is 0 Å². The largest absolute Gasteiger partial charge is 0.340 e. The van der Waals surface area contributed by atoms with Crippen molar-refractivity contribution in [3.63, 3.8) is 0 Å². The first-order valence-electron chi connectivity index (χ1n) is 8.92. The van der Waals surface area contributed by atoms with Gasteiger partial charge in [0.15, 0.2) is 0 Å². The third kappa shape index (κ3) is 3.55. The van der Waals surface area contributed by atoms with Crippen LogP contribution in [0.2, 0.25) is 0 Å². The van der Waals surface area contributed by atoms with Gasteiger partial charge in [-0.15, -0.1) is 0 Å². The van der Waals surface area contributed by atoms with Crippen LogP contribution >= 0.6 is 0 Å². The van der Waals surface area contributed by atoms with Gasteiger partial charge in [0.1, 0.15) is 5.82 Å². The van der Waals surface area contributed by atoms with Gasteiger partial charge in [-0.3, -0.25) is 0 Å².